The van der Waals surface area contributed by atoms with E-state index in [-0.39, 0.29) is 0 Å². The highest BCUT2D eigenvalue weighted by atomic mass is 16.5. The van der Waals surface area contributed by atoms with E-state index in [9.17, 15) is 0 Å². The standard InChI is InChI=1S/C29H27NO4/c1-31-25-19-18-22(26(32-2)27(25)33-3)28-30-24-17-11-10-16-23(24)29(34-28,20-12-6-4-7-13-20)21-14-8-5-9-15-21/h4-19,28,30H,1-3H3. The molecule has 1 unspecified atom stereocenters. The Kier molecular flexibility index (Phi) is 5.86. The minimum atomic E-state index is -0.840. The second kappa shape index (κ2) is 9.12. The van der Waals surface area contributed by atoms with E-state index in [4.69, 9.17) is 18.9 Å². The summed E-state index contributed by atoms with van der Waals surface area (Å²) >= 11 is 0. The summed E-state index contributed by atoms with van der Waals surface area (Å²) in [7, 11) is 4.84. The largest absolute Gasteiger partial charge is 0.493 e. The van der Waals surface area contributed by atoms with Crippen molar-refractivity contribution in [2.24, 2.45) is 0 Å². The van der Waals surface area contributed by atoms with Crippen molar-refractivity contribution < 1.29 is 18.9 Å². The Balaban J connectivity index is 1.77. The molecule has 5 rings (SSSR count). The molecule has 172 valence electrons. The number of benzene rings is 4. The number of fused-ring (bicyclic) bond motifs is 1. The van der Waals surface area contributed by atoms with Gasteiger partial charge in [-0.05, 0) is 29.3 Å². The molecule has 0 saturated carbocycles. The van der Waals surface area contributed by atoms with Crippen molar-refractivity contribution >= 4 is 5.69 Å². The number of hydrogen-bond acceptors (Lipinski definition) is 5. The van der Waals surface area contributed by atoms with Gasteiger partial charge in [0, 0.05) is 16.8 Å². The molecule has 4 aromatic carbocycles. The summed E-state index contributed by atoms with van der Waals surface area (Å²) in [5.74, 6) is 1.68. The molecule has 0 amide bonds. The van der Waals surface area contributed by atoms with Crippen LogP contribution in [0, 0.1) is 0 Å². The van der Waals surface area contributed by atoms with Gasteiger partial charge in [-0.15, -0.1) is 0 Å². The third kappa shape index (κ3) is 3.45. The third-order valence-corrected chi connectivity index (χ3v) is 6.27. The molecule has 1 atom stereocenters. The Morgan fingerprint density at radius 3 is 1.82 bits per heavy atom. The molecule has 1 aliphatic rings. The van der Waals surface area contributed by atoms with Crippen LogP contribution in [0.5, 0.6) is 17.2 Å². The lowest BCUT2D eigenvalue weighted by atomic mass is 9.78. The highest BCUT2D eigenvalue weighted by molar-refractivity contribution is 5.65. The lowest BCUT2D eigenvalue weighted by Crippen LogP contribution is -2.40. The quantitative estimate of drug-likeness (QED) is 0.380. The summed E-state index contributed by atoms with van der Waals surface area (Å²) in [4.78, 5) is 0. The molecule has 1 heterocycles. The van der Waals surface area contributed by atoms with Gasteiger partial charge in [-0.25, -0.2) is 0 Å². The van der Waals surface area contributed by atoms with Crippen molar-refractivity contribution in [3.8, 4) is 17.2 Å². The maximum absolute atomic E-state index is 7.09. The van der Waals surface area contributed by atoms with Crippen LogP contribution in [0.3, 0.4) is 0 Å². The number of hydrogen-bond donors (Lipinski definition) is 1. The Morgan fingerprint density at radius 2 is 1.24 bits per heavy atom. The first-order chi connectivity index (χ1) is 16.7. The van der Waals surface area contributed by atoms with Crippen LogP contribution < -0.4 is 19.5 Å². The average Bonchev–Trinajstić information content (AvgIpc) is 2.92. The van der Waals surface area contributed by atoms with Crippen LogP contribution in [-0.4, -0.2) is 21.3 Å². The van der Waals surface area contributed by atoms with Gasteiger partial charge in [0.1, 0.15) is 5.60 Å². The summed E-state index contributed by atoms with van der Waals surface area (Å²) in [5, 5.41) is 3.57. The lowest BCUT2D eigenvalue weighted by molar-refractivity contribution is -0.0441. The summed E-state index contributed by atoms with van der Waals surface area (Å²) in [6.07, 6.45) is -0.523. The maximum Gasteiger partial charge on any atom is 0.203 e. The van der Waals surface area contributed by atoms with E-state index in [2.05, 4.69) is 41.7 Å². The molecule has 1 aliphatic heterocycles. The fourth-order valence-corrected chi connectivity index (χ4v) is 4.76. The summed E-state index contributed by atoms with van der Waals surface area (Å²) in [6.45, 7) is 0. The van der Waals surface area contributed by atoms with Gasteiger partial charge in [0.05, 0.1) is 21.3 Å². The topological polar surface area (TPSA) is 49.0 Å². The van der Waals surface area contributed by atoms with Gasteiger partial charge in [-0.3, -0.25) is 0 Å². The number of para-hydroxylation sites is 1. The zero-order valence-electron chi connectivity index (χ0n) is 19.4. The smallest absolute Gasteiger partial charge is 0.203 e. The summed E-state index contributed by atoms with van der Waals surface area (Å²) in [6, 6.07) is 32.7. The fourth-order valence-electron chi connectivity index (χ4n) is 4.76. The number of anilines is 1. The normalized spacial score (nSPS) is 16.1. The summed E-state index contributed by atoms with van der Waals surface area (Å²) in [5.41, 5.74) is 4.09. The second-order valence-electron chi connectivity index (χ2n) is 8.02. The van der Waals surface area contributed by atoms with Crippen LogP contribution in [0.1, 0.15) is 28.5 Å². The van der Waals surface area contributed by atoms with E-state index in [1.165, 1.54) is 0 Å². The van der Waals surface area contributed by atoms with E-state index < -0.39 is 11.8 Å². The molecular weight excluding hydrogens is 426 g/mol. The van der Waals surface area contributed by atoms with Crippen molar-refractivity contribution in [2.75, 3.05) is 26.6 Å². The van der Waals surface area contributed by atoms with Crippen molar-refractivity contribution in [3.63, 3.8) is 0 Å². The Labute approximate surface area is 199 Å². The minimum absolute atomic E-state index is 0.523. The van der Waals surface area contributed by atoms with Gasteiger partial charge in [0.25, 0.3) is 0 Å². The van der Waals surface area contributed by atoms with Crippen LogP contribution in [-0.2, 0) is 10.3 Å². The number of nitrogens with one attached hydrogen (secondary N) is 1. The molecule has 0 aliphatic carbocycles. The van der Waals surface area contributed by atoms with Gasteiger partial charge >= 0.3 is 0 Å². The fraction of sp³-hybridized carbons (Fsp3) is 0.172. The zero-order valence-corrected chi connectivity index (χ0v) is 19.4. The monoisotopic (exact) mass is 453 g/mol. The maximum atomic E-state index is 7.09. The zero-order chi connectivity index (χ0) is 23.5. The molecule has 0 aromatic heterocycles. The minimum Gasteiger partial charge on any atom is -0.493 e. The Hall–Kier alpha value is -3.96. The predicted molar refractivity (Wildman–Crippen MR) is 133 cm³/mol. The molecule has 5 nitrogen and oxygen atoms in total. The molecule has 0 saturated heterocycles. The van der Waals surface area contributed by atoms with Crippen molar-refractivity contribution in [1.82, 2.24) is 0 Å². The average molecular weight is 454 g/mol. The van der Waals surface area contributed by atoms with Gasteiger partial charge in [0.15, 0.2) is 17.7 Å². The summed E-state index contributed by atoms with van der Waals surface area (Å²) < 4.78 is 24.0. The third-order valence-electron chi connectivity index (χ3n) is 6.27. The lowest BCUT2D eigenvalue weighted by Gasteiger charge is -2.44. The van der Waals surface area contributed by atoms with Gasteiger partial charge in [-0.2, -0.15) is 0 Å². The molecule has 5 heteroatoms. The SMILES string of the molecule is COc1ccc(C2Nc3ccccc3C(c3ccccc3)(c3ccccc3)O2)c(OC)c1OC. The molecule has 34 heavy (non-hydrogen) atoms. The van der Waals surface area contributed by atoms with E-state index in [0.717, 1.165) is 27.9 Å². The highest BCUT2D eigenvalue weighted by Crippen LogP contribution is 2.52. The first-order valence-electron chi connectivity index (χ1n) is 11.2. The Morgan fingerprint density at radius 1 is 0.647 bits per heavy atom. The van der Waals surface area contributed by atoms with Crippen molar-refractivity contribution in [2.45, 2.75) is 11.8 Å². The van der Waals surface area contributed by atoms with Gasteiger partial charge in [0.2, 0.25) is 5.75 Å². The Bertz CT molecular complexity index is 1230. The molecule has 0 fully saturated rings. The van der Waals surface area contributed by atoms with Crippen molar-refractivity contribution in [1.29, 1.82) is 0 Å². The van der Waals surface area contributed by atoms with Gasteiger partial charge < -0.3 is 24.3 Å². The van der Waals surface area contributed by atoms with E-state index in [0.29, 0.717) is 17.2 Å². The molecular formula is C29H27NO4. The molecule has 0 spiro atoms. The highest BCUT2D eigenvalue weighted by Gasteiger charge is 2.45. The van der Waals surface area contributed by atoms with Crippen LogP contribution in [0.15, 0.2) is 97.1 Å². The van der Waals surface area contributed by atoms with E-state index >= 15 is 0 Å². The van der Waals surface area contributed by atoms with Crippen LogP contribution in [0.25, 0.3) is 0 Å². The first-order valence-corrected chi connectivity index (χ1v) is 11.2. The van der Waals surface area contributed by atoms with Crippen LogP contribution >= 0.6 is 0 Å². The number of rotatable bonds is 6. The molecule has 0 bridgehead atoms. The molecule has 0 radical (unpaired) electrons. The molecule has 4 aromatic rings. The van der Waals surface area contributed by atoms with E-state index in [1.54, 1.807) is 21.3 Å². The second-order valence-corrected chi connectivity index (χ2v) is 8.02. The van der Waals surface area contributed by atoms with Crippen LogP contribution in [0.2, 0.25) is 0 Å². The number of ether oxygens (including phenoxy) is 4. The van der Waals surface area contributed by atoms with Gasteiger partial charge in [-0.1, -0.05) is 78.9 Å². The van der Waals surface area contributed by atoms with Crippen molar-refractivity contribution in [3.05, 3.63) is 119 Å². The number of methoxy groups -OCH3 is 3. The first kappa shape index (κ1) is 21.9. The molecule has 1 N–H and O–H groups in total. The van der Waals surface area contributed by atoms with Crippen LogP contribution in [0.4, 0.5) is 5.69 Å². The predicted octanol–water partition coefficient (Wildman–Crippen LogP) is 6.15. The van der Waals surface area contributed by atoms with E-state index in [1.807, 2.05) is 60.7 Å².